The fourth-order valence-electron chi connectivity index (χ4n) is 4.45. The summed E-state index contributed by atoms with van der Waals surface area (Å²) in [6.45, 7) is 1.27. The average molecular weight is 478 g/mol. The molecule has 36 heavy (non-hydrogen) atoms. The van der Waals surface area contributed by atoms with E-state index in [1.807, 2.05) is 48.5 Å². The average Bonchev–Trinajstić information content (AvgIpc) is 3.12. The van der Waals surface area contributed by atoms with Crippen molar-refractivity contribution >= 4 is 40.1 Å². The highest BCUT2D eigenvalue weighted by Crippen LogP contribution is 2.34. The second-order valence-corrected chi connectivity index (χ2v) is 8.79. The van der Waals surface area contributed by atoms with Crippen LogP contribution in [0.4, 0.5) is 10.5 Å². The van der Waals surface area contributed by atoms with Crippen LogP contribution in [0.2, 0.25) is 0 Å². The number of nitrogens with one attached hydrogen (secondary N) is 2. The van der Waals surface area contributed by atoms with Crippen molar-refractivity contribution in [1.29, 1.82) is 0 Å². The van der Waals surface area contributed by atoms with E-state index in [1.165, 1.54) is 0 Å². The molecule has 0 aliphatic carbocycles. The van der Waals surface area contributed by atoms with Gasteiger partial charge in [0.05, 0.1) is 6.54 Å². The van der Waals surface area contributed by atoms with Crippen molar-refractivity contribution in [3.8, 4) is 0 Å². The van der Waals surface area contributed by atoms with E-state index < -0.39 is 17.5 Å². The van der Waals surface area contributed by atoms with Gasteiger partial charge in [-0.25, -0.2) is 4.79 Å². The Morgan fingerprint density at radius 3 is 2.22 bits per heavy atom. The van der Waals surface area contributed by atoms with Gasteiger partial charge in [0.25, 0.3) is 11.8 Å². The lowest BCUT2D eigenvalue weighted by Crippen LogP contribution is -2.41. The van der Waals surface area contributed by atoms with Crippen LogP contribution in [0, 0.1) is 0 Å². The van der Waals surface area contributed by atoms with Gasteiger partial charge in [-0.3, -0.25) is 19.3 Å². The maximum atomic E-state index is 13.4. The molecule has 1 atom stereocenters. The Morgan fingerprint density at radius 2 is 1.47 bits per heavy atom. The summed E-state index contributed by atoms with van der Waals surface area (Å²) in [6, 6.07) is 27.7. The normalized spacial score (nSPS) is 17.2. The summed E-state index contributed by atoms with van der Waals surface area (Å²) < 4.78 is 0. The zero-order valence-corrected chi connectivity index (χ0v) is 19.5. The quantitative estimate of drug-likeness (QED) is 0.310. The van der Waals surface area contributed by atoms with Crippen molar-refractivity contribution in [2.75, 3.05) is 11.9 Å². The lowest BCUT2D eigenvalue weighted by molar-refractivity contribution is -0.130. The Bertz CT molecular complexity index is 1490. The van der Waals surface area contributed by atoms with Gasteiger partial charge in [-0.2, -0.15) is 0 Å². The van der Waals surface area contributed by atoms with Crippen LogP contribution in [-0.2, 0) is 10.3 Å². The lowest BCUT2D eigenvalue weighted by atomic mass is 9.88. The van der Waals surface area contributed by atoms with Gasteiger partial charge in [-0.1, -0.05) is 60.7 Å². The van der Waals surface area contributed by atoms with Gasteiger partial charge in [0, 0.05) is 16.8 Å². The number of amides is 4. The minimum Gasteiger partial charge on any atom is -0.322 e. The van der Waals surface area contributed by atoms with Crippen LogP contribution in [0.5, 0.6) is 0 Å². The van der Waals surface area contributed by atoms with Gasteiger partial charge >= 0.3 is 6.03 Å². The van der Waals surface area contributed by atoms with Crippen LogP contribution in [-0.4, -0.2) is 35.1 Å². The molecule has 1 fully saturated rings. The maximum Gasteiger partial charge on any atom is 0.325 e. The number of anilines is 1. The van der Waals surface area contributed by atoms with Crippen molar-refractivity contribution in [3.05, 3.63) is 114 Å². The molecule has 0 unspecified atom stereocenters. The SMILES string of the molecule is C[C@@]1(c2cccc3ccccc23)NC(=O)N(CC(=O)c2ccc(NC(=O)c3ccccc3)cc2)C1=O. The monoisotopic (exact) mass is 477 g/mol. The Labute approximate surface area is 207 Å². The molecule has 178 valence electrons. The van der Waals surface area contributed by atoms with Crippen molar-refractivity contribution < 1.29 is 19.2 Å². The largest absolute Gasteiger partial charge is 0.325 e. The van der Waals surface area contributed by atoms with E-state index in [2.05, 4.69) is 10.6 Å². The van der Waals surface area contributed by atoms with Crippen molar-refractivity contribution in [1.82, 2.24) is 10.2 Å². The summed E-state index contributed by atoms with van der Waals surface area (Å²) in [5.41, 5.74) is 0.757. The zero-order valence-electron chi connectivity index (χ0n) is 19.5. The predicted molar refractivity (Wildman–Crippen MR) is 137 cm³/mol. The molecular formula is C29H23N3O4. The number of carbonyl (C=O) groups is 4. The Hall–Kier alpha value is -4.78. The second kappa shape index (κ2) is 9.11. The number of hydrogen-bond donors (Lipinski definition) is 2. The summed E-state index contributed by atoms with van der Waals surface area (Å²) in [5, 5.41) is 7.37. The topological polar surface area (TPSA) is 95.6 Å². The van der Waals surface area contributed by atoms with E-state index in [9.17, 15) is 19.2 Å². The molecule has 1 heterocycles. The fraction of sp³-hybridized carbons (Fsp3) is 0.103. The molecular weight excluding hydrogens is 454 g/mol. The van der Waals surface area contributed by atoms with Crippen LogP contribution in [0.1, 0.15) is 33.2 Å². The number of Topliss-reactive ketones (excluding diaryl/α,β-unsaturated/α-hetero) is 1. The molecule has 4 amide bonds. The Morgan fingerprint density at radius 1 is 0.806 bits per heavy atom. The minimum absolute atomic E-state index is 0.262. The summed E-state index contributed by atoms with van der Waals surface area (Å²) in [4.78, 5) is 52.4. The van der Waals surface area contributed by atoms with E-state index in [-0.39, 0.29) is 18.2 Å². The van der Waals surface area contributed by atoms with Gasteiger partial charge in [0.2, 0.25) is 0 Å². The third-order valence-corrected chi connectivity index (χ3v) is 6.41. The van der Waals surface area contributed by atoms with Gasteiger partial charge in [0.15, 0.2) is 5.78 Å². The van der Waals surface area contributed by atoms with E-state index in [4.69, 9.17) is 0 Å². The number of ketones is 1. The van der Waals surface area contributed by atoms with Crippen LogP contribution >= 0.6 is 0 Å². The molecule has 1 aliphatic rings. The Kier molecular flexibility index (Phi) is 5.82. The molecule has 0 bridgehead atoms. The predicted octanol–water partition coefficient (Wildman–Crippen LogP) is 4.74. The van der Waals surface area contributed by atoms with Gasteiger partial charge in [-0.15, -0.1) is 0 Å². The van der Waals surface area contributed by atoms with Crippen LogP contribution in [0.3, 0.4) is 0 Å². The molecule has 0 saturated carbocycles. The summed E-state index contributed by atoms with van der Waals surface area (Å²) in [5.74, 6) is -1.13. The van der Waals surface area contributed by atoms with Crippen molar-refractivity contribution in [2.45, 2.75) is 12.5 Å². The summed E-state index contributed by atoms with van der Waals surface area (Å²) >= 11 is 0. The molecule has 4 aromatic rings. The smallest absolute Gasteiger partial charge is 0.322 e. The van der Waals surface area contributed by atoms with Crippen LogP contribution in [0.15, 0.2) is 97.1 Å². The van der Waals surface area contributed by atoms with Gasteiger partial charge in [-0.05, 0) is 59.7 Å². The number of hydrogen-bond acceptors (Lipinski definition) is 4. The number of nitrogens with zero attached hydrogens (tertiary/aromatic N) is 1. The fourth-order valence-corrected chi connectivity index (χ4v) is 4.45. The van der Waals surface area contributed by atoms with Crippen molar-refractivity contribution in [3.63, 3.8) is 0 Å². The highest BCUT2D eigenvalue weighted by atomic mass is 16.2. The number of imide groups is 1. The molecule has 2 N–H and O–H groups in total. The molecule has 1 saturated heterocycles. The first-order chi connectivity index (χ1) is 17.4. The molecule has 7 heteroatoms. The Balaban J connectivity index is 1.31. The first kappa shape index (κ1) is 23.0. The zero-order chi connectivity index (χ0) is 25.3. The number of rotatable bonds is 6. The van der Waals surface area contributed by atoms with E-state index in [0.29, 0.717) is 22.4 Å². The number of carbonyl (C=O) groups excluding carboxylic acids is 4. The summed E-state index contributed by atoms with van der Waals surface area (Å²) in [7, 11) is 0. The number of urea groups is 1. The molecule has 0 spiro atoms. The molecule has 1 aliphatic heterocycles. The standard InChI is InChI=1S/C29H23N3O4/c1-29(24-13-7-11-19-8-5-6-12-23(19)24)27(35)32(28(36)31-29)18-25(33)20-14-16-22(17-15-20)30-26(34)21-9-3-2-4-10-21/h2-17H,18H2,1H3,(H,30,34)(H,31,36)/t29-/m0/s1. The van der Waals surface area contributed by atoms with E-state index >= 15 is 0 Å². The highest BCUT2D eigenvalue weighted by Gasteiger charge is 2.50. The van der Waals surface area contributed by atoms with Crippen molar-refractivity contribution in [2.24, 2.45) is 0 Å². The maximum absolute atomic E-state index is 13.4. The molecule has 0 radical (unpaired) electrons. The number of benzene rings is 4. The van der Waals surface area contributed by atoms with Crippen LogP contribution < -0.4 is 10.6 Å². The second-order valence-electron chi connectivity index (χ2n) is 8.79. The molecule has 5 rings (SSSR count). The van der Waals surface area contributed by atoms with Gasteiger partial charge < -0.3 is 10.6 Å². The molecule has 4 aromatic carbocycles. The lowest BCUT2D eigenvalue weighted by Gasteiger charge is -2.24. The summed E-state index contributed by atoms with van der Waals surface area (Å²) in [6.07, 6.45) is 0. The number of fused-ring (bicyclic) bond motifs is 1. The molecule has 0 aromatic heterocycles. The van der Waals surface area contributed by atoms with E-state index in [1.54, 1.807) is 55.5 Å². The third-order valence-electron chi connectivity index (χ3n) is 6.41. The first-order valence-corrected chi connectivity index (χ1v) is 11.5. The highest BCUT2D eigenvalue weighted by molar-refractivity contribution is 6.12. The van der Waals surface area contributed by atoms with Crippen LogP contribution in [0.25, 0.3) is 10.8 Å². The first-order valence-electron chi connectivity index (χ1n) is 11.5. The molecule has 7 nitrogen and oxygen atoms in total. The third kappa shape index (κ3) is 4.11. The minimum atomic E-state index is -1.29. The van der Waals surface area contributed by atoms with Gasteiger partial charge in [0.1, 0.15) is 5.54 Å². The van der Waals surface area contributed by atoms with E-state index in [0.717, 1.165) is 15.7 Å².